The second kappa shape index (κ2) is 6.96. The third kappa shape index (κ3) is 3.77. The minimum Gasteiger partial charge on any atom is -0.497 e. The van der Waals surface area contributed by atoms with Crippen molar-refractivity contribution in [3.05, 3.63) is 57.6 Å². The van der Waals surface area contributed by atoms with E-state index in [1.54, 1.807) is 14.2 Å². The Kier molecular flexibility index (Phi) is 5.26. The molecule has 0 radical (unpaired) electrons. The van der Waals surface area contributed by atoms with Gasteiger partial charge < -0.3 is 14.6 Å². The van der Waals surface area contributed by atoms with Gasteiger partial charge >= 0.3 is 0 Å². The second-order valence-corrected chi connectivity index (χ2v) is 5.78. The van der Waals surface area contributed by atoms with Gasteiger partial charge in [0.05, 0.1) is 20.3 Å². The summed E-state index contributed by atoms with van der Waals surface area (Å²) in [6, 6.07) is 11.5. The van der Waals surface area contributed by atoms with Crippen LogP contribution in [-0.4, -0.2) is 19.3 Å². The predicted molar refractivity (Wildman–Crippen MR) is 87.1 cm³/mol. The summed E-state index contributed by atoms with van der Waals surface area (Å²) in [6.07, 6.45) is -0.151. The fraction of sp³-hybridized carbons (Fsp3) is 0.294. The van der Waals surface area contributed by atoms with Gasteiger partial charge in [-0.2, -0.15) is 0 Å². The van der Waals surface area contributed by atoms with E-state index in [0.29, 0.717) is 6.42 Å². The predicted octanol–water partition coefficient (Wildman–Crippen LogP) is 4.05. The highest BCUT2D eigenvalue weighted by Gasteiger charge is 2.15. The Morgan fingerprint density at radius 2 is 1.86 bits per heavy atom. The number of aliphatic hydroxyl groups excluding tert-OH is 1. The molecule has 0 aliphatic carbocycles. The van der Waals surface area contributed by atoms with Crippen LogP contribution in [0.3, 0.4) is 0 Å². The molecule has 0 bridgehead atoms. The Hall–Kier alpha value is -1.52. The van der Waals surface area contributed by atoms with Crippen LogP contribution in [0.4, 0.5) is 0 Å². The van der Waals surface area contributed by atoms with E-state index in [-0.39, 0.29) is 0 Å². The lowest BCUT2D eigenvalue weighted by atomic mass is 9.99. The first-order valence-electron chi connectivity index (χ1n) is 6.70. The number of ether oxygens (including phenoxy) is 2. The molecule has 0 aliphatic rings. The summed E-state index contributed by atoms with van der Waals surface area (Å²) in [4.78, 5) is 0. The normalized spacial score (nSPS) is 12.0. The summed E-state index contributed by atoms with van der Waals surface area (Å²) in [5.41, 5.74) is 2.93. The molecule has 21 heavy (non-hydrogen) atoms. The molecule has 1 N–H and O–H groups in total. The summed E-state index contributed by atoms with van der Waals surface area (Å²) in [6.45, 7) is 2.02. The van der Waals surface area contributed by atoms with Gasteiger partial charge in [-0.15, -0.1) is 0 Å². The van der Waals surface area contributed by atoms with Gasteiger partial charge in [-0.1, -0.05) is 33.6 Å². The molecule has 3 nitrogen and oxygen atoms in total. The van der Waals surface area contributed by atoms with Crippen LogP contribution >= 0.6 is 15.9 Å². The first kappa shape index (κ1) is 15.9. The maximum Gasteiger partial charge on any atom is 0.122 e. The smallest absolute Gasteiger partial charge is 0.122 e. The minimum absolute atomic E-state index is 0.483. The van der Waals surface area contributed by atoms with Crippen LogP contribution in [0.1, 0.15) is 22.8 Å². The van der Waals surface area contributed by atoms with E-state index in [9.17, 15) is 5.11 Å². The summed E-state index contributed by atoms with van der Waals surface area (Å²) < 4.78 is 11.4. The van der Waals surface area contributed by atoms with E-state index >= 15 is 0 Å². The molecule has 2 aromatic carbocycles. The van der Waals surface area contributed by atoms with Crippen molar-refractivity contribution >= 4 is 15.9 Å². The quantitative estimate of drug-likeness (QED) is 0.883. The largest absolute Gasteiger partial charge is 0.497 e. The van der Waals surface area contributed by atoms with E-state index in [4.69, 9.17) is 9.47 Å². The van der Waals surface area contributed by atoms with Crippen molar-refractivity contribution in [3.63, 3.8) is 0 Å². The molecule has 0 fully saturated rings. The Balaban J connectivity index is 2.29. The molecule has 112 valence electrons. The number of benzene rings is 2. The fourth-order valence-electron chi connectivity index (χ4n) is 2.29. The zero-order valence-electron chi connectivity index (χ0n) is 12.4. The van der Waals surface area contributed by atoms with Gasteiger partial charge in [0.25, 0.3) is 0 Å². The monoisotopic (exact) mass is 350 g/mol. The molecule has 0 spiro atoms. The van der Waals surface area contributed by atoms with E-state index in [1.807, 2.05) is 43.3 Å². The molecule has 0 heterocycles. The summed E-state index contributed by atoms with van der Waals surface area (Å²) in [5.74, 6) is 1.52. The van der Waals surface area contributed by atoms with Crippen molar-refractivity contribution in [3.8, 4) is 11.5 Å². The lowest BCUT2D eigenvalue weighted by Crippen LogP contribution is -2.05. The third-order valence-electron chi connectivity index (χ3n) is 3.41. The number of halogens is 1. The first-order valence-corrected chi connectivity index (χ1v) is 7.49. The molecule has 1 unspecified atom stereocenters. The van der Waals surface area contributed by atoms with E-state index < -0.39 is 6.10 Å². The Bertz CT molecular complexity index is 625. The topological polar surface area (TPSA) is 38.7 Å². The van der Waals surface area contributed by atoms with Gasteiger partial charge in [-0.3, -0.25) is 0 Å². The molecule has 0 saturated carbocycles. The molecule has 2 rings (SSSR count). The van der Waals surface area contributed by atoms with E-state index in [1.165, 1.54) is 0 Å². The van der Waals surface area contributed by atoms with Crippen LogP contribution in [0.2, 0.25) is 0 Å². The average molecular weight is 351 g/mol. The van der Waals surface area contributed by atoms with Crippen molar-refractivity contribution in [2.45, 2.75) is 19.4 Å². The number of hydrogen-bond acceptors (Lipinski definition) is 3. The van der Waals surface area contributed by atoms with Crippen LogP contribution in [0.15, 0.2) is 40.9 Å². The molecular weight excluding hydrogens is 332 g/mol. The molecule has 4 heteroatoms. The highest BCUT2D eigenvalue weighted by atomic mass is 79.9. The SMILES string of the molecule is COc1ccc(Br)c(C(O)Cc2cc(C)ccc2OC)c1. The standard InChI is InChI=1S/C17H19BrO3/c1-11-4-7-17(21-3)12(8-11)9-16(19)14-10-13(20-2)5-6-15(14)18/h4-8,10,16,19H,9H2,1-3H3. The van der Waals surface area contributed by atoms with Crippen molar-refractivity contribution in [2.24, 2.45) is 0 Å². The van der Waals surface area contributed by atoms with Crippen molar-refractivity contribution in [2.75, 3.05) is 14.2 Å². The zero-order chi connectivity index (χ0) is 15.4. The van der Waals surface area contributed by atoms with Gasteiger partial charge in [-0.05, 0) is 42.3 Å². The van der Waals surface area contributed by atoms with Crippen LogP contribution < -0.4 is 9.47 Å². The second-order valence-electron chi connectivity index (χ2n) is 4.92. The first-order chi connectivity index (χ1) is 10.0. The Morgan fingerprint density at radius 1 is 1.10 bits per heavy atom. The number of methoxy groups -OCH3 is 2. The molecule has 0 saturated heterocycles. The van der Waals surface area contributed by atoms with E-state index in [2.05, 4.69) is 15.9 Å². The van der Waals surface area contributed by atoms with Crippen molar-refractivity contribution in [1.29, 1.82) is 0 Å². The average Bonchev–Trinajstić information content (AvgIpc) is 2.48. The van der Waals surface area contributed by atoms with Crippen molar-refractivity contribution in [1.82, 2.24) is 0 Å². The molecule has 0 aromatic heterocycles. The number of aliphatic hydroxyl groups is 1. The van der Waals surface area contributed by atoms with Crippen LogP contribution in [-0.2, 0) is 6.42 Å². The fourth-order valence-corrected chi connectivity index (χ4v) is 2.80. The maximum absolute atomic E-state index is 10.5. The van der Waals surface area contributed by atoms with Crippen LogP contribution in [0.5, 0.6) is 11.5 Å². The lowest BCUT2D eigenvalue weighted by molar-refractivity contribution is 0.176. The lowest BCUT2D eigenvalue weighted by Gasteiger charge is -2.16. The Labute approximate surface area is 133 Å². The van der Waals surface area contributed by atoms with Gasteiger partial charge in [0, 0.05) is 10.9 Å². The highest BCUT2D eigenvalue weighted by Crippen LogP contribution is 2.32. The number of hydrogen-bond donors (Lipinski definition) is 1. The molecule has 2 aromatic rings. The molecule has 0 amide bonds. The summed E-state index contributed by atoms with van der Waals surface area (Å²) in [7, 11) is 3.25. The van der Waals surface area contributed by atoms with Gasteiger partial charge in [0.15, 0.2) is 0 Å². The van der Waals surface area contributed by atoms with E-state index in [0.717, 1.165) is 32.7 Å². The third-order valence-corrected chi connectivity index (χ3v) is 4.13. The summed E-state index contributed by atoms with van der Waals surface area (Å²) >= 11 is 3.48. The molecule has 1 atom stereocenters. The highest BCUT2D eigenvalue weighted by molar-refractivity contribution is 9.10. The molecule has 0 aliphatic heterocycles. The molecular formula is C17H19BrO3. The van der Waals surface area contributed by atoms with Gasteiger partial charge in [0.2, 0.25) is 0 Å². The zero-order valence-corrected chi connectivity index (χ0v) is 14.0. The van der Waals surface area contributed by atoms with Crippen LogP contribution in [0, 0.1) is 6.92 Å². The van der Waals surface area contributed by atoms with Gasteiger partial charge in [0.1, 0.15) is 11.5 Å². The maximum atomic E-state index is 10.5. The van der Waals surface area contributed by atoms with Crippen molar-refractivity contribution < 1.29 is 14.6 Å². The number of aryl methyl sites for hydroxylation is 1. The summed E-state index contributed by atoms with van der Waals surface area (Å²) in [5, 5.41) is 10.5. The minimum atomic E-state index is -0.634. The van der Waals surface area contributed by atoms with Crippen LogP contribution in [0.25, 0.3) is 0 Å². The Morgan fingerprint density at radius 3 is 2.52 bits per heavy atom. The number of rotatable bonds is 5. The van der Waals surface area contributed by atoms with Gasteiger partial charge in [-0.25, -0.2) is 0 Å².